The second kappa shape index (κ2) is 7.53. The second-order valence-corrected chi connectivity index (χ2v) is 5.74. The number of phenolic OH excluding ortho intramolecular Hbond substituents is 1. The van der Waals surface area contributed by atoms with Crippen LogP contribution in [-0.2, 0) is 11.3 Å². The van der Waals surface area contributed by atoms with E-state index < -0.39 is 11.9 Å². The van der Waals surface area contributed by atoms with Gasteiger partial charge in [0, 0.05) is 5.56 Å². The van der Waals surface area contributed by atoms with Crippen molar-refractivity contribution in [2.45, 2.75) is 6.61 Å². The molecule has 0 radical (unpaired) electrons. The van der Waals surface area contributed by atoms with Crippen molar-refractivity contribution in [2.24, 2.45) is 5.73 Å². The Morgan fingerprint density at radius 1 is 0.923 bits per heavy atom. The summed E-state index contributed by atoms with van der Waals surface area (Å²) in [6, 6.07) is 20.3. The number of carbonyl (C=O) groups excluding carboxylic acids is 2. The molecule has 0 unspecified atom stereocenters. The third kappa shape index (κ3) is 3.89. The lowest BCUT2D eigenvalue weighted by atomic mass is 9.97. The van der Waals surface area contributed by atoms with E-state index in [1.54, 1.807) is 24.3 Å². The van der Waals surface area contributed by atoms with Gasteiger partial charge in [-0.3, -0.25) is 4.79 Å². The van der Waals surface area contributed by atoms with Crippen LogP contribution in [0.5, 0.6) is 5.75 Å². The minimum absolute atomic E-state index is 0.00378. The Bertz CT molecular complexity index is 951. The van der Waals surface area contributed by atoms with Crippen molar-refractivity contribution >= 4 is 11.9 Å². The number of hydrogen-bond acceptors (Lipinski definition) is 4. The van der Waals surface area contributed by atoms with Crippen LogP contribution in [0.2, 0.25) is 0 Å². The number of amides is 1. The van der Waals surface area contributed by atoms with Gasteiger partial charge in [-0.05, 0) is 47.0 Å². The van der Waals surface area contributed by atoms with Gasteiger partial charge in [0.1, 0.15) is 12.4 Å². The number of esters is 1. The number of benzene rings is 3. The molecule has 0 fully saturated rings. The minimum Gasteiger partial charge on any atom is -0.508 e. The number of aromatic hydroxyl groups is 1. The number of hydrogen-bond donors (Lipinski definition) is 2. The standard InChI is InChI=1S/C21H17NO4/c22-20(24)16-8-4-7-15(11-16)19-12-17(23)9-10-18(19)21(25)26-13-14-5-2-1-3-6-14/h1-12,23H,13H2,(H2,22,24). The maximum atomic E-state index is 12.5. The van der Waals surface area contributed by atoms with Crippen LogP contribution in [0.4, 0.5) is 0 Å². The molecular weight excluding hydrogens is 330 g/mol. The first-order valence-electron chi connectivity index (χ1n) is 7.99. The van der Waals surface area contributed by atoms with Gasteiger partial charge in [0.2, 0.25) is 5.91 Å². The van der Waals surface area contributed by atoms with Gasteiger partial charge in [-0.1, -0.05) is 42.5 Å². The van der Waals surface area contributed by atoms with Crippen molar-refractivity contribution in [3.8, 4) is 16.9 Å². The third-order valence-electron chi connectivity index (χ3n) is 3.89. The monoisotopic (exact) mass is 347 g/mol. The van der Waals surface area contributed by atoms with Crippen LogP contribution in [0, 0.1) is 0 Å². The molecule has 0 saturated heterocycles. The smallest absolute Gasteiger partial charge is 0.339 e. The Labute approximate surface area is 150 Å². The number of rotatable bonds is 5. The van der Waals surface area contributed by atoms with Gasteiger partial charge in [0.15, 0.2) is 0 Å². The van der Waals surface area contributed by atoms with Crippen molar-refractivity contribution in [3.63, 3.8) is 0 Å². The van der Waals surface area contributed by atoms with Gasteiger partial charge in [0.05, 0.1) is 5.56 Å². The molecule has 0 aromatic heterocycles. The van der Waals surface area contributed by atoms with Crippen LogP contribution >= 0.6 is 0 Å². The predicted molar refractivity (Wildman–Crippen MR) is 97.6 cm³/mol. The Balaban J connectivity index is 1.92. The van der Waals surface area contributed by atoms with Gasteiger partial charge in [-0.2, -0.15) is 0 Å². The molecule has 0 heterocycles. The van der Waals surface area contributed by atoms with E-state index in [2.05, 4.69) is 0 Å². The SMILES string of the molecule is NC(=O)c1cccc(-c2cc(O)ccc2C(=O)OCc2ccccc2)c1. The van der Waals surface area contributed by atoms with Crippen molar-refractivity contribution in [1.82, 2.24) is 0 Å². The number of ether oxygens (including phenoxy) is 1. The summed E-state index contributed by atoms with van der Waals surface area (Å²) in [5.41, 5.74) is 7.85. The molecule has 5 nitrogen and oxygen atoms in total. The number of carbonyl (C=O) groups is 2. The lowest BCUT2D eigenvalue weighted by molar-refractivity contribution is 0.0473. The maximum Gasteiger partial charge on any atom is 0.339 e. The largest absolute Gasteiger partial charge is 0.508 e. The quantitative estimate of drug-likeness (QED) is 0.691. The van der Waals surface area contributed by atoms with Crippen LogP contribution in [0.1, 0.15) is 26.3 Å². The summed E-state index contributed by atoms with van der Waals surface area (Å²) in [5.74, 6) is -1.09. The van der Waals surface area contributed by atoms with Crippen LogP contribution < -0.4 is 5.73 Å². The van der Waals surface area contributed by atoms with E-state index in [0.29, 0.717) is 22.3 Å². The molecule has 0 bridgehead atoms. The fourth-order valence-electron chi connectivity index (χ4n) is 2.59. The summed E-state index contributed by atoms with van der Waals surface area (Å²) < 4.78 is 5.38. The van der Waals surface area contributed by atoms with E-state index in [1.165, 1.54) is 18.2 Å². The van der Waals surface area contributed by atoms with E-state index in [1.807, 2.05) is 30.3 Å². The van der Waals surface area contributed by atoms with Crippen LogP contribution in [0.25, 0.3) is 11.1 Å². The maximum absolute atomic E-state index is 12.5. The molecule has 3 rings (SSSR count). The highest BCUT2D eigenvalue weighted by Crippen LogP contribution is 2.29. The highest BCUT2D eigenvalue weighted by Gasteiger charge is 2.16. The Morgan fingerprint density at radius 3 is 2.42 bits per heavy atom. The van der Waals surface area contributed by atoms with Crippen molar-refractivity contribution in [1.29, 1.82) is 0 Å². The summed E-state index contributed by atoms with van der Waals surface area (Å²) in [6.45, 7) is 0.140. The molecule has 0 saturated carbocycles. The average Bonchev–Trinajstić information content (AvgIpc) is 2.67. The summed E-state index contributed by atoms with van der Waals surface area (Å²) in [5, 5.41) is 9.82. The molecule has 0 spiro atoms. The molecule has 0 aliphatic heterocycles. The fourth-order valence-corrected chi connectivity index (χ4v) is 2.59. The number of nitrogens with two attached hydrogens (primary N) is 1. The summed E-state index contributed by atoms with van der Waals surface area (Å²) >= 11 is 0. The molecule has 3 N–H and O–H groups in total. The highest BCUT2D eigenvalue weighted by molar-refractivity contribution is 5.99. The molecule has 3 aromatic rings. The third-order valence-corrected chi connectivity index (χ3v) is 3.89. The van der Waals surface area contributed by atoms with E-state index in [0.717, 1.165) is 5.56 Å². The zero-order chi connectivity index (χ0) is 18.5. The van der Waals surface area contributed by atoms with Gasteiger partial charge in [0.25, 0.3) is 0 Å². The zero-order valence-electron chi connectivity index (χ0n) is 13.9. The van der Waals surface area contributed by atoms with Crippen LogP contribution in [0.3, 0.4) is 0 Å². The molecule has 1 amide bonds. The molecule has 5 heteroatoms. The Kier molecular flexibility index (Phi) is 4.99. The molecule has 0 aliphatic carbocycles. The van der Waals surface area contributed by atoms with E-state index >= 15 is 0 Å². The molecule has 3 aromatic carbocycles. The molecule has 0 atom stereocenters. The summed E-state index contributed by atoms with van der Waals surface area (Å²) in [4.78, 5) is 24.0. The average molecular weight is 347 g/mol. The molecule has 0 aliphatic rings. The molecule has 26 heavy (non-hydrogen) atoms. The molecular formula is C21H17NO4. The first kappa shape index (κ1) is 17.2. The van der Waals surface area contributed by atoms with E-state index in [-0.39, 0.29) is 12.4 Å². The second-order valence-electron chi connectivity index (χ2n) is 5.74. The minimum atomic E-state index is -0.569. The summed E-state index contributed by atoms with van der Waals surface area (Å²) in [6.07, 6.45) is 0. The van der Waals surface area contributed by atoms with Crippen molar-refractivity contribution in [2.75, 3.05) is 0 Å². The molecule has 130 valence electrons. The first-order valence-corrected chi connectivity index (χ1v) is 7.99. The van der Waals surface area contributed by atoms with Gasteiger partial charge in [-0.15, -0.1) is 0 Å². The van der Waals surface area contributed by atoms with E-state index in [4.69, 9.17) is 10.5 Å². The van der Waals surface area contributed by atoms with Crippen molar-refractivity contribution in [3.05, 3.63) is 89.5 Å². The lowest BCUT2D eigenvalue weighted by Gasteiger charge is -2.11. The Morgan fingerprint density at radius 2 is 1.69 bits per heavy atom. The predicted octanol–water partition coefficient (Wildman–Crippen LogP) is 3.52. The van der Waals surface area contributed by atoms with Gasteiger partial charge >= 0.3 is 5.97 Å². The fraction of sp³-hybridized carbons (Fsp3) is 0.0476. The first-order chi connectivity index (χ1) is 12.5. The lowest BCUT2D eigenvalue weighted by Crippen LogP contribution is -2.11. The van der Waals surface area contributed by atoms with Gasteiger partial charge in [-0.25, -0.2) is 4.79 Å². The Hall–Kier alpha value is -3.60. The van der Waals surface area contributed by atoms with Crippen molar-refractivity contribution < 1.29 is 19.4 Å². The van der Waals surface area contributed by atoms with Crippen LogP contribution in [-0.4, -0.2) is 17.0 Å². The van der Waals surface area contributed by atoms with E-state index in [9.17, 15) is 14.7 Å². The van der Waals surface area contributed by atoms with Crippen LogP contribution in [0.15, 0.2) is 72.8 Å². The summed E-state index contributed by atoms with van der Waals surface area (Å²) in [7, 11) is 0. The number of phenols is 1. The highest BCUT2D eigenvalue weighted by atomic mass is 16.5. The zero-order valence-corrected chi connectivity index (χ0v) is 13.9. The normalized spacial score (nSPS) is 10.3. The topological polar surface area (TPSA) is 89.6 Å². The number of primary amides is 1. The van der Waals surface area contributed by atoms with Gasteiger partial charge < -0.3 is 15.6 Å².